The summed E-state index contributed by atoms with van der Waals surface area (Å²) < 4.78 is 1.75. The average molecular weight is 381 g/mol. The summed E-state index contributed by atoms with van der Waals surface area (Å²) >= 11 is 7.24. The SMILES string of the molecule is Cc1nnc2n1CC(C(=O)O)N(C(=O)C(C)Sc1ccc(Cl)cc1)C2. The molecule has 3 rings (SSSR count). The zero-order chi connectivity index (χ0) is 18.1. The molecule has 0 aliphatic carbocycles. The van der Waals surface area contributed by atoms with Crippen molar-refractivity contribution in [2.45, 2.75) is 43.1 Å². The number of nitrogens with zero attached hydrogens (tertiary/aromatic N) is 4. The van der Waals surface area contributed by atoms with Gasteiger partial charge in [-0.15, -0.1) is 22.0 Å². The Morgan fingerprint density at radius 2 is 2.00 bits per heavy atom. The Morgan fingerprint density at radius 3 is 2.64 bits per heavy atom. The quantitative estimate of drug-likeness (QED) is 0.818. The molecule has 0 radical (unpaired) electrons. The second kappa shape index (κ2) is 7.05. The van der Waals surface area contributed by atoms with Gasteiger partial charge in [-0.3, -0.25) is 4.79 Å². The highest BCUT2D eigenvalue weighted by molar-refractivity contribution is 8.00. The van der Waals surface area contributed by atoms with Crippen molar-refractivity contribution >= 4 is 35.2 Å². The maximum atomic E-state index is 12.9. The first-order chi connectivity index (χ1) is 11.9. The summed E-state index contributed by atoms with van der Waals surface area (Å²) in [7, 11) is 0. The van der Waals surface area contributed by atoms with Gasteiger partial charge in [0.1, 0.15) is 11.9 Å². The third-order valence-corrected chi connectivity index (χ3v) is 5.45. The number of hydrogen-bond acceptors (Lipinski definition) is 5. The summed E-state index contributed by atoms with van der Waals surface area (Å²) in [5, 5.41) is 17.7. The molecule has 1 aliphatic heterocycles. The first-order valence-electron chi connectivity index (χ1n) is 7.71. The predicted molar refractivity (Wildman–Crippen MR) is 93.5 cm³/mol. The van der Waals surface area contributed by atoms with E-state index in [-0.39, 0.29) is 19.0 Å². The Kier molecular flexibility index (Phi) is 5.01. The van der Waals surface area contributed by atoms with Gasteiger partial charge in [0.05, 0.1) is 18.3 Å². The number of carbonyl (C=O) groups is 2. The number of carboxylic acid groups (broad SMARTS) is 1. The molecule has 25 heavy (non-hydrogen) atoms. The molecular weight excluding hydrogens is 364 g/mol. The fourth-order valence-electron chi connectivity index (χ4n) is 2.76. The van der Waals surface area contributed by atoms with Crippen LogP contribution in [0.1, 0.15) is 18.6 Å². The van der Waals surface area contributed by atoms with E-state index in [0.717, 1.165) is 4.90 Å². The maximum absolute atomic E-state index is 12.9. The predicted octanol–water partition coefficient (Wildman–Crippen LogP) is 2.22. The fourth-order valence-corrected chi connectivity index (χ4v) is 3.82. The minimum absolute atomic E-state index is 0.141. The first kappa shape index (κ1) is 17.8. The molecule has 1 aromatic carbocycles. The number of aromatic nitrogens is 3. The highest BCUT2D eigenvalue weighted by Crippen LogP contribution is 2.28. The van der Waals surface area contributed by atoms with Crippen LogP contribution in [0, 0.1) is 6.92 Å². The molecule has 1 aliphatic rings. The molecular formula is C16H17ClN4O3S. The number of aryl methyl sites for hydroxylation is 1. The van der Waals surface area contributed by atoms with Gasteiger partial charge in [0, 0.05) is 9.92 Å². The summed E-state index contributed by atoms with van der Waals surface area (Å²) in [4.78, 5) is 26.8. The van der Waals surface area contributed by atoms with Crippen molar-refractivity contribution in [3.05, 3.63) is 40.9 Å². The number of rotatable bonds is 4. The lowest BCUT2D eigenvalue weighted by atomic mass is 10.1. The van der Waals surface area contributed by atoms with Crippen molar-refractivity contribution in [1.82, 2.24) is 19.7 Å². The van der Waals surface area contributed by atoms with Crippen molar-refractivity contribution in [3.63, 3.8) is 0 Å². The smallest absolute Gasteiger partial charge is 0.328 e. The first-order valence-corrected chi connectivity index (χ1v) is 8.96. The van der Waals surface area contributed by atoms with Crippen LogP contribution in [-0.4, -0.2) is 47.9 Å². The van der Waals surface area contributed by atoms with Crippen molar-refractivity contribution in [1.29, 1.82) is 0 Å². The topological polar surface area (TPSA) is 88.3 Å². The van der Waals surface area contributed by atoms with Crippen LogP contribution < -0.4 is 0 Å². The van der Waals surface area contributed by atoms with Crippen molar-refractivity contribution in [2.24, 2.45) is 0 Å². The lowest BCUT2D eigenvalue weighted by molar-refractivity contribution is -0.152. The summed E-state index contributed by atoms with van der Waals surface area (Å²) in [6, 6.07) is 6.26. The average Bonchev–Trinajstić information content (AvgIpc) is 2.95. The van der Waals surface area contributed by atoms with Crippen LogP contribution in [0.4, 0.5) is 0 Å². The van der Waals surface area contributed by atoms with Gasteiger partial charge in [-0.2, -0.15) is 0 Å². The molecule has 132 valence electrons. The third-order valence-electron chi connectivity index (χ3n) is 4.10. The summed E-state index contributed by atoms with van der Waals surface area (Å²) in [5.74, 6) is -0.0148. The second-order valence-corrected chi connectivity index (χ2v) is 7.66. The molecule has 2 atom stereocenters. The number of fused-ring (bicyclic) bond motifs is 1. The normalized spacial score (nSPS) is 17.9. The fraction of sp³-hybridized carbons (Fsp3) is 0.375. The molecule has 7 nitrogen and oxygen atoms in total. The van der Waals surface area contributed by atoms with Crippen LogP contribution >= 0.6 is 23.4 Å². The van der Waals surface area contributed by atoms with Gasteiger partial charge in [0.25, 0.3) is 0 Å². The van der Waals surface area contributed by atoms with E-state index in [1.165, 1.54) is 16.7 Å². The summed E-state index contributed by atoms with van der Waals surface area (Å²) in [5.41, 5.74) is 0. The highest BCUT2D eigenvalue weighted by atomic mass is 35.5. The molecule has 1 amide bonds. The van der Waals surface area contributed by atoms with Gasteiger partial charge in [-0.05, 0) is 38.1 Å². The number of benzene rings is 1. The van der Waals surface area contributed by atoms with Crippen LogP contribution in [-0.2, 0) is 22.7 Å². The molecule has 0 bridgehead atoms. The number of carbonyl (C=O) groups excluding carboxylic acids is 1. The zero-order valence-corrected chi connectivity index (χ0v) is 15.3. The molecule has 0 saturated carbocycles. The Bertz CT molecular complexity index is 808. The van der Waals surface area contributed by atoms with Gasteiger partial charge < -0.3 is 14.6 Å². The number of amides is 1. The molecule has 2 aromatic rings. The minimum atomic E-state index is -1.03. The molecule has 0 spiro atoms. The van der Waals surface area contributed by atoms with Crippen LogP contribution in [0.5, 0.6) is 0 Å². The van der Waals surface area contributed by atoms with E-state index in [0.29, 0.717) is 16.7 Å². The highest BCUT2D eigenvalue weighted by Gasteiger charge is 2.38. The van der Waals surface area contributed by atoms with Gasteiger partial charge in [0.15, 0.2) is 5.82 Å². The van der Waals surface area contributed by atoms with Crippen LogP contribution in [0.2, 0.25) is 5.02 Å². The van der Waals surface area contributed by atoms with E-state index >= 15 is 0 Å². The van der Waals surface area contributed by atoms with E-state index in [1.807, 2.05) is 12.1 Å². The Balaban J connectivity index is 1.79. The molecule has 1 N–H and O–H groups in total. The Labute approximate surface area is 154 Å². The largest absolute Gasteiger partial charge is 0.480 e. The lowest BCUT2D eigenvalue weighted by Crippen LogP contribution is -2.52. The minimum Gasteiger partial charge on any atom is -0.480 e. The zero-order valence-electron chi connectivity index (χ0n) is 13.7. The lowest BCUT2D eigenvalue weighted by Gasteiger charge is -2.34. The number of halogens is 1. The van der Waals surface area contributed by atoms with E-state index < -0.39 is 17.3 Å². The standard InChI is InChI=1S/C16H17ClN4O3S/c1-9(25-12-5-3-11(17)4-6-12)15(22)21-8-14-19-18-10(2)20(14)7-13(21)16(23)24/h3-6,9,13H,7-8H2,1-2H3,(H,23,24). The van der Waals surface area contributed by atoms with Crippen molar-refractivity contribution < 1.29 is 14.7 Å². The van der Waals surface area contributed by atoms with E-state index in [4.69, 9.17) is 11.6 Å². The van der Waals surface area contributed by atoms with Crippen molar-refractivity contribution in [3.8, 4) is 0 Å². The number of aliphatic carboxylic acids is 1. The molecule has 1 aromatic heterocycles. The summed E-state index contributed by atoms with van der Waals surface area (Å²) in [6.45, 7) is 3.84. The monoisotopic (exact) mass is 380 g/mol. The number of carboxylic acids is 1. The Hall–Kier alpha value is -2.06. The third kappa shape index (κ3) is 3.64. The van der Waals surface area contributed by atoms with Crippen LogP contribution in [0.3, 0.4) is 0 Å². The maximum Gasteiger partial charge on any atom is 0.328 e. The van der Waals surface area contributed by atoms with Crippen LogP contribution in [0.15, 0.2) is 29.2 Å². The Morgan fingerprint density at radius 1 is 1.32 bits per heavy atom. The van der Waals surface area contributed by atoms with Gasteiger partial charge in [-0.1, -0.05) is 11.6 Å². The van der Waals surface area contributed by atoms with E-state index in [2.05, 4.69) is 10.2 Å². The van der Waals surface area contributed by atoms with Gasteiger partial charge in [0.2, 0.25) is 5.91 Å². The summed E-state index contributed by atoms with van der Waals surface area (Å²) in [6.07, 6.45) is 0. The van der Waals surface area contributed by atoms with Gasteiger partial charge >= 0.3 is 5.97 Å². The number of thioether (sulfide) groups is 1. The van der Waals surface area contributed by atoms with E-state index in [9.17, 15) is 14.7 Å². The molecule has 2 unspecified atom stereocenters. The molecule has 0 fully saturated rings. The molecule has 2 heterocycles. The van der Waals surface area contributed by atoms with Gasteiger partial charge in [-0.25, -0.2) is 4.79 Å². The second-order valence-electron chi connectivity index (χ2n) is 5.81. The van der Waals surface area contributed by atoms with E-state index in [1.54, 1.807) is 30.5 Å². The molecule has 0 saturated heterocycles. The van der Waals surface area contributed by atoms with Crippen LogP contribution in [0.25, 0.3) is 0 Å². The molecule has 9 heteroatoms. The van der Waals surface area contributed by atoms with Crippen molar-refractivity contribution in [2.75, 3.05) is 0 Å². The number of hydrogen-bond donors (Lipinski definition) is 1.